The maximum atomic E-state index is 14.3. The molecule has 2 aromatic rings. The van der Waals surface area contributed by atoms with Gasteiger partial charge in [-0.3, -0.25) is 4.79 Å². The zero-order valence-corrected chi connectivity index (χ0v) is 25.5. The Hall–Kier alpha value is -1.58. The summed E-state index contributed by atoms with van der Waals surface area (Å²) >= 11 is 0.940. The summed E-state index contributed by atoms with van der Waals surface area (Å²) in [4.78, 5) is 12.7. The van der Waals surface area contributed by atoms with Gasteiger partial charge in [0.15, 0.2) is 0 Å². The normalized spacial score (nSPS) is 30.5. The van der Waals surface area contributed by atoms with Crippen molar-refractivity contribution in [1.29, 1.82) is 0 Å². The number of rotatable bonds is 13. The Kier molecular flexibility index (Phi) is 10.0. The maximum absolute atomic E-state index is 14.3. The monoisotopic (exact) mass is 618 g/mol. The van der Waals surface area contributed by atoms with Crippen molar-refractivity contribution in [3.8, 4) is 0 Å². The Morgan fingerprint density at radius 3 is 2.52 bits per heavy atom. The standard InChI is InChI=1S/C25H34B3N2O10PS/c1-30-15(9-10-18(30)29-24(33)14-7-5-4-6-8-14)13-42-41(34,37-12-17-19(32)21(35-2)23(26)38-17)40-20-16(11-31)39-25(27-28-25)22(20)36-3/h4-10,16-17,19-23,31-32H,11-13,26H2,1-3H3,(H,29,33)/t16-,17-,19?,20?,21+,22+,23-,41?/m1/s1. The third kappa shape index (κ3) is 6.58. The van der Waals surface area contributed by atoms with E-state index < -0.39 is 48.8 Å². The molecule has 224 valence electrons. The first-order chi connectivity index (χ1) is 20.1. The van der Waals surface area contributed by atoms with E-state index in [9.17, 15) is 19.6 Å². The number of aromatic nitrogens is 1. The van der Waals surface area contributed by atoms with Gasteiger partial charge in [0, 0.05) is 5.56 Å². The van der Waals surface area contributed by atoms with Crippen molar-refractivity contribution < 1.29 is 47.6 Å². The molecule has 2 fully saturated rings. The summed E-state index contributed by atoms with van der Waals surface area (Å²) in [7, 11) is 6.54. The molecule has 8 atom stereocenters. The number of aliphatic hydroxyl groups is 2. The van der Waals surface area contributed by atoms with Gasteiger partial charge in [0.25, 0.3) is 0 Å². The molecule has 1 amide bonds. The van der Waals surface area contributed by atoms with Crippen LogP contribution in [0.3, 0.4) is 0 Å². The van der Waals surface area contributed by atoms with Gasteiger partial charge in [-0.05, 0) is 12.1 Å². The number of aliphatic hydroxyl groups excluding tert-OH is 2. The van der Waals surface area contributed by atoms with Gasteiger partial charge in [-0.15, -0.1) is 0 Å². The number of hydrogen-bond acceptors (Lipinski definition) is 11. The number of benzene rings is 1. The van der Waals surface area contributed by atoms with E-state index in [0.717, 1.165) is 17.1 Å². The first-order valence-electron chi connectivity index (χ1n) is 13.6. The molecule has 2 saturated heterocycles. The van der Waals surface area contributed by atoms with E-state index in [1.807, 2.05) is 12.1 Å². The quantitative estimate of drug-likeness (QED) is 0.208. The zero-order chi connectivity index (χ0) is 30.1. The molecular weight excluding hydrogens is 584 g/mol. The average molecular weight is 618 g/mol. The van der Waals surface area contributed by atoms with Crippen LogP contribution in [0.2, 0.25) is 0 Å². The first kappa shape index (κ1) is 31.8. The fraction of sp³-hybridized carbons (Fsp3) is 0.560. The number of ether oxygens (including phenoxy) is 4. The second kappa shape index (κ2) is 13.2. The van der Waals surface area contributed by atoms with Crippen molar-refractivity contribution in [2.24, 2.45) is 7.05 Å². The number of anilines is 1. The number of hydrogen-bond donors (Lipinski definition) is 3. The summed E-state index contributed by atoms with van der Waals surface area (Å²) in [5.74, 6) is 0.499. The molecule has 3 aliphatic rings. The van der Waals surface area contributed by atoms with Crippen LogP contribution in [0.5, 0.6) is 0 Å². The number of amides is 1. The van der Waals surface area contributed by atoms with E-state index in [0.29, 0.717) is 11.4 Å². The summed E-state index contributed by atoms with van der Waals surface area (Å²) in [6.45, 7) is -0.987. The number of carbonyl (C=O) groups excluding carboxylic acids is 1. The Balaban J connectivity index is 1.31. The van der Waals surface area contributed by atoms with Gasteiger partial charge < -0.3 is 0 Å². The van der Waals surface area contributed by atoms with E-state index >= 15 is 0 Å². The number of nitrogens with one attached hydrogen (secondary N) is 1. The molecule has 3 aliphatic heterocycles. The van der Waals surface area contributed by atoms with E-state index in [-0.39, 0.29) is 30.9 Å². The van der Waals surface area contributed by atoms with Crippen LogP contribution in [0, 0.1) is 0 Å². The van der Waals surface area contributed by atoms with Crippen molar-refractivity contribution in [2.45, 2.75) is 53.8 Å². The van der Waals surface area contributed by atoms with Crippen LogP contribution in [0.15, 0.2) is 42.5 Å². The molecule has 12 nitrogen and oxygen atoms in total. The molecule has 0 radical (unpaired) electrons. The molecule has 4 heterocycles. The number of methoxy groups -OCH3 is 2. The summed E-state index contributed by atoms with van der Waals surface area (Å²) in [5.41, 5.74) is 1.26. The third-order valence-corrected chi connectivity index (χ3v) is 11.4. The molecule has 3 unspecified atom stereocenters. The second-order valence-corrected chi connectivity index (χ2v) is 14.5. The van der Waals surface area contributed by atoms with E-state index in [1.54, 1.807) is 63.4 Å². The molecule has 0 saturated carbocycles. The summed E-state index contributed by atoms with van der Waals surface area (Å²) in [5, 5.41) is 22.7. The van der Waals surface area contributed by atoms with Crippen LogP contribution >= 0.6 is 18.2 Å². The van der Waals surface area contributed by atoms with Gasteiger partial charge in [0.1, 0.15) is 0 Å². The van der Waals surface area contributed by atoms with Crippen molar-refractivity contribution in [3.63, 3.8) is 0 Å². The Morgan fingerprint density at radius 1 is 1.17 bits per heavy atom. The van der Waals surface area contributed by atoms with Gasteiger partial charge in [0.05, 0.1) is 0 Å². The van der Waals surface area contributed by atoms with Crippen LogP contribution < -0.4 is 5.32 Å². The Labute approximate surface area is 250 Å². The van der Waals surface area contributed by atoms with Crippen molar-refractivity contribution in [2.75, 3.05) is 32.8 Å². The summed E-state index contributed by atoms with van der Waals surface area (Å²) in [6, 6.07) is 12.0. The van der Waals surface area contributed by atoms with Crippen molar-refractivity contribution in [3.05, 3.63) is 53.7 Å². The molecule has 1 spiro atoms. The first-order valence-corrected chi connectivity index (χ1v) is 16.7. The molecular formula is C25H34B3N2O10PS. The molecule has 1 aromatic heterocycles. The van der Waals surface area contributed by atoms with Gasteiger partial charge in [-0.2, -0.15) is 0 Å². The molecule has 0 bridgehead atoms. The van der Waals surface area contributed by atoms with E-state index in [4.69, 9.17) is 28.0 Å². The SMILES string of the molecule is B[C@@H]1O[C@H](COP(=O)(OC2[C@@H](CO)OC3(B=B3)[C@H]2OC)SCc2ccc(NC(=O)c3ccccc3)n2C)C(O)[C@@H]1OC. The molecule has 3 N–H and O–H groups in total. The van der Waals surface area contributed by atoms with Crippen LogP contribution in [-0.4, -0.2) is 118 Å². The number of carbonyl (C=O) groups is 1. The van der Waals surface area contributed by atoms with Crippen LogP contribution in [-0.2, 0) is 45.4 Å². The fourth-order valence-electron chi connectivity index (χ4n) is 5.33. The van der Waals surface area contributed by atoms with Crippen LogP contribution in [0.25, 0.3) is 0 Å². The average Bonchev–Trinajstić information content (AvgIpc) is 3.48. The van der Waals surface area contributed by atoms with Gasteiger partial charge in [-0.1, -0.05) is 18.2 Å². The summed E-state index contributed by atoms with van der Waals surface area (Å²) < 4.78 is 50.9. The predicted octanol–water partition coefficient (Wildman–Crippen LogP) is 0.151. The van der Waals surface area contributed by atoms with Crippen LogP contribution in [0.1, 0.15) is 16.1 Å². The Morgan fingerprint density at radius 2 is 1.90 bits per heavy atom. The molecule has 5 rings (SSSR count). The van der Waals surface area contributed by atoms with Gasteiger partial charge >= 0.3 is 210 Å². The molecule has 0 aliphatic carbocycles. The summed E-state index contributed by atoms with van der Waals surface area (Å²) in [6.07, 6.45) is -4.68. The van der Waals surface area contributed by atoms with E-state index in [1.165, 1.54) is 14.2 Å². The van der Waals surface area contributed by atoms with E-state index in [2.05, 4.69) is 5.32 Å². The van der Waals surface area contributed by atoms with Crippen molar-refractivity contribution >= 4 is 51.4 Å². The topological polar surface area (TPSA) is 147 Å². The number of nitrogens with zero attached hydrogens (tertiary/aromatic N) is 1. The van der Waals surface area contributed by atoms with Crippen molar-refractivity contribution in [1.82, 2.24) is 4.57 Å². The third-order valence-electron chi connectivity index (χ3n) is 7.76. The minimum atomic E-state index is -3.99. The van der Waals surface area contributed by atoms with Gasteiger partial charge in [-0.25, -0.2) is 0 Å². The molecule has 17 heteroatoms. The minimum absolute atomic E-state index is 0.193. The Bertz CT molecular complexity index is 1330. The predicted molar refractivity (Wildman–Crippen MR) is 161 cm³/mol. The van der Waals surface area contributed by atoms with Gasteiger partial charge in [0.2, 0.25) is 0 Å². The van der Waals surface area contributed by atoms with Crippen LogP contribution in [0.4, 0.5) is 5.82 Å². The zero-order valence-electron chi connectivity index (χ0n) is 23.8. The molecule has 1 aromatic carbocycles. The second-order valence-electron chi connectivity index (χ2n) is 10.4. The molecule has 42 heavy (non-hydrogen) atoms. The fourth-order valence-corrected chi connectivity index (χ4v) is 8.74.